The molecule has 0 unspecified atom stereocenters. The van der Waals surface area contributed by atoms with Crippen LogP contribution in [0.1, 0.15) is 70.3 Å². The number of ether oxygens (including phenoxy) is 1. The van der Waals surface area contributed by atoms with Crippen LogP contribution in [-0.2, 0) is 22.7 Å². The number of rotatable bonds is 7. The van der Waals surface area contributed by atoms with Crippen LogP contribution >= 0.6 is 23.2 Å². The fourth-order valence-corrected chi connectivity index (χ4v) is 8.13. The fourth-order valence-electron chi connectivity index (χ4n) is 7.61. The van der Waals surface area contributed by atoms with Crippen LogP contribution in [0.3, 0.4) is 0 Å². The first-order chi connectivity index (χ1) is 29.2. The number of pyridine rings is 5. The number of methoxy groups -OCH3 is 1. The summed E-state index contributed by atoms with van der Waals surface area (Å²) < 4.78 is 22.6. The number of hydrogen-bond donors (Lipinski definition) is 2. The first kappa shape index (κ1) is 44.9. The van der Waals surface area contributed by atoms with Crippen LogP contribution in [0.15, 0.2) is 79.1 Å². The Bertz CT molecular complexity index is 2400. The number of piperidine rings is 2. The maximum Gasteiger partial charge on any atom is 0.338 e. The highest BCUT2D eigenvalue weighted by Crippen LogP contribution is 2.35. The number of esters is 1. The number of halogens is 3. The van der Waals surface area contributed by atoms with Gasteiger partial charge in [-0.2, -0.15) is 0 Å². The van der Waals surface area contributed by atoms with E-state index in [0.29, 0.717) is 72.9 Å². The van der Waals surface area contributed by atoms with Gasteiger partial charge in [0.1, 0.15) is 27.3 Å². The molecule has 0 aromatic carbocycles. The average Bonchev–Trinajstić information content (AvgIpc) is 3.64. The molecular formula is C44H49Cl2FN10O4. The summed E-state index contributed by atoms with van der Waals surface area (Å²) >= 11 is 11.2. The van der Waals surface area contributed by atoms with Crippen LogP contribution in [0.5, 0.6) is 0 Å². The molecule has 6 aromatic rings. The van der Waals surface area contributed by atoms with Crippen LogP contribution in [0.4, 0.5) is 10.2 Å². The number of carbonyl (C=O) groups excluding carboxylic acids is 2. The Morgan fingerprint density at radius 2 is 1.49 bits per heavy atom. The van der Waals surface area contributed by atoms with Gasteiger partial charge in [-0.05, 0) is 105 Å². The quantitative estimate of drug-likeness (QED) is 0.121. The molecule has 0 aliphatic carbocycles. The SMILES string of the molecule is COC(=O)c1cc(C)nc(Cl)c1.Cc1cc(CN2CCC(F)(C(=O)N3CCC(n4c(-c5ccccn5)nc5cccnc54)CC3)CC2)cc(N)n1.Cc1cc(CO)cc(Cl)n1. The Labute approximate surface area is 364 Å². The Morgan fingerprint density at radius 1 is 0.836 bits per heavy atom. The molecule has 14 nitrogen and oxygen atoms in total. The number of alkyl halides is 1. The molecule has 61 heavy (non-hydrogen) atoms. The van der Waals surface area contributed by atoms with Gasteiger partial charge < -0.3 is 25.0 Å². The van der Waals surface area contributed by atoms with Gasteiger partial charge in [-0.1, -0.05) is 29.3 Å². The lowest BCUT2D eigenvalue weighted by molar-refractivity contribution is -0.148. The van der Waals surface area contributed by atoms with Crippen molar-refractivity contribution in [2.75, 3.05) is 39.0 Å². The van der Waals surface area contributed by atoms with E-state index in [2.05, 4.69) is 39.1 Å². The third kappa shape index (κ3) is 11.6. The topological polar surface area (TPSA) is 178 Å². The average molecular weight is 872 g/mol. The van der Waals surface area contributed by atoms with E-state index in [9.17, 15) is 9.59 Å². The third-order valence-corrected chi connectivity index (χ3v) is 10.8. The van der Waals surface area contributed by atoms with Gasteiger partial charge in [0.05, 0.1) is 19.3 Å². The van der Waals surface area contributed by atoms with Crippen molar-refractivity contribution in [3.8, 4) is 11.5 Å². The molecule has 2 aliphatic heterocycles. The number of aryl methyl sites for hydroxylation is 3. The highest BCUT2D eigenvalue weighted by molar-refractivity contribution is 6.29. The summed E-state index contributed by atoms with van der Waals surface area (Å²) in [4.78, 5) is 54.3. The molecular weight excluding hydrogens is 822 g/mol. The number of aliphatic hydroxyl groups excluding tert-OH is 1. The van der Waals surface area contributed by atoms with Gasteiger partial charge in [0.25, 0.3) is 5.91 Å². The van der Waals surface area contributed by atoms with E-state index in [1.807, 2.05) is 56.3 Å². The molecule has 0 saturated carbocycles. The number of hydrogen-bond acceptors (Lipinski definition) is 12. The summed E-state index contributed by atoms with van der Waals surface area (Å²) in [5.74, 6) is 0.493. The number of aromatic nitrogens is 7. The number of imidazole rings is 1. The van der Waals surface area contributed by atoms with Crippen molar-refractivity contribution in [3.05, 3.63) is 123 Å². The number of amides is 1. The Balaban J connectivity index is 0.000000230. The molecule has 3 N–H and O–H groups in total. The molecule has 0 bridgehead atoms. The maximum atomic E-state index is 16.0. The molecule has 2 aliphatic rings. The lowest BCUT2D eigenvalue weighted by Gasteiger charge is -2.40. The van der Waals surface area contributed by atoms with Crippen molar-refractivity contribution in [2.45, 2.75) is 71.3 Å². The third-order valence-electron chi connectivity index (χ3n) is 10.4. The number of fused-ring (bicyclic) bond motifs is 1. The summed E-state index contributed by atoms with van der Waals surface area (Å²) in [6.07, 6.45) is 5.34. The summed E-state index contributed by atoms with van der Waals surface area (Å²) in [7, 11) is 1.33. The van der Waals surface area contributed by atoms with Crippen LogP contribution in [0, 0.1) is 20.8 Å². The minimum atomic E-state index is -1.82. The van der Waals surface area contributed by atoms with Gasteiger partial charge in [-0.25, -0.2) is 34.1 Å². The van der Waals surface area contributed by atoms with E-state index in [1.54, 1.807) is 42.4 Å². The molecule has 8 rings (SSSR count). The largest absolute Gasteiger partial charge is 0.465 e. The van der Waals surface area contributed by atoms with E-state index in [1.165, 1.54) is 13.2 Å². The number of nitrogens with zero attached hydrogens (tertiary/aromatic N) is 9. The highest BCUT2D eigenvalue weighted by Gasteiger charge is 2.45. The number of likely N-dealkylation sites (tertiary alicyclic amines) is 2. The monoisotopic (exact) mass is 870 g/mol. The van der Waals surface area contributed by atoms with Crippen molar-refractivity contribution >= 4 is 52.1 Å². The van der Waals surface area contributed by atoms with Crippen LogP contribution < -0.4 is 5.73 Å². The van der Waals surface area contributed by atoms with Gasteiger partial charge in [-0.3, -0.25) is 14.7 Å². The lowest BCUT2D eigenvalue weighted by atomic mass is 9.90. The van der Waals surface area contributed by atoms with Crippen molar-refractivity contribution in [1.82, 2.24) is 44.3 Å². The van der Waals surface area contributed by atoms with Crippen LogP contribution in [0.25, 0.3) is 22.7 Å². The molecule has 0 radical (unpaired) electrons. The molecule has 0 spiro atoms. The van der Waals surface area contributed by atoms with Gasteiger partial charge >= 0.3 is 5.97 Å². The van der Waals surface area contributed by atoms with E-state index in [0.717, 1.165) is 45.2 Å². The molecule has 2 fully saturated rings. The maximum absolute atomic E-state index is 16.0. The summed E-state index contributed by atoms with van der Waals surface area (Å²) in [5.41, 5.74) is 11.2. The highest BCUT2D eigenvalue weighted by atomic mass is 35.5. The molecule has 8 heterocycles. The van der Waals surface area contributed by atoms with E-state index in [4.69, 9.17) is 39.0 Å². The van der Waals surface area contributed by atoms with E-state index < -0.39 is 11.6 Å². The van der Waals surface area contributed by atoms with E-state index >= 15 is 4.39 Å². The van der Waals surface area contributed by atoms with Crippen LogP contribution in [0.2, 0.25) is 10.3 Å². The smallest absolute Gasteiger partial charge is 0.338 e. The zero-order valence-corrected chi connectivity index (χ0v) is 36.1. The van der Waals surface area contributed by atoms with Gasteiger partial charge in [0, 0.05) is 81.1 Å². The van der Waals surface area contributed by atoms with Crippen LogP contribution in [-0.4, -0.2) is 100 Å². The number of carbonyl (C=O) groups is 2. The number of nitrogens with two attached hydrogens (primary N) is 1. The molecule has 6 aromatic heterocycles. The normalized spacial score (nSPS) is 15.3. The molecule has 2 saturated heterocycles. The second-order valence-corrected chi connectivity index (χ2v) is 15.9. The predicted octanol–water partition coefficient (Wildman–Crippen LogP) is 7.31. The van der Waals surface area contributed by atoms with Gasteiger partial charge in [0.15, 0.2) is 17.1 Å². The zero-order chi connectivity index (χ0) is 43.7. The molecule has 1 amide bonds. The van der Waals surface area contributed by atoms with Gasteiger partial charge in [0.2, 0.25) is 0 Å². The van der Waals surface area contributed by atoms with Crippen molar-refractivity contribution in [3.63, 3.8) is 0 Å². The Morgan fingerprint density at radius 3 is 2.11 bits per heavy atom. The zero-order valence-electron chi connectivity index (χ0n) is 34.6. The summed E-state index contributed by atoms with van der Waals surface area (Å²) in [5, 5.41) is 9.44. The minimum absolute atomic E-state index is 0.0169. The summed E-state index contributed by atoms with van der Waals surface area (Å²) in [6.45, 7) is 8.27. The fraction of sp³-hybridized carbons (Fsp3) is 0.364. The lowest BCUT2D eigenvalue weighted by Crippen LogP contribution is -2.53. The first-order valence-electron chi connectivity index (χ1n) is 19.9. The molecule has 17 heteroatoms. The minimum Gasteiger partial charge on any atom is -0.465 e. The first-order valence-corrected chi connectivity index (χ1v) is 20.6. The second kappa shape index (κ2) is 20.3. The van der Waals surface area contributed by atoms with Crippen molar-refractivity contribution in [1.29, 1.82) is 0 Å². The van der Waals surface area contributed by atoms with Crippen molar-refractivity contribution < 1.29 is 23.8 Å². The number of nitrogen functional groups attached to an aromatic ring is 1. The van der Waals surface area contributed by atoms with Gasteiger partial charge in [-0.15, -0.1) is 0 Å². The van der Waals surface area contributed by atoms with E-state index in [-0.39, 0.29) is 31.4 Å². The summed E-state index contributed by atoms with van der Waals surface area (Å²) in [6, 6.07) is 20.1. The number of aliphatic hydroxyl groups is 1. The standard InChI is InChI=1S/C29H33FN8O.C8H8ClNO2.C7H8ClNO/c1-20-17-21(18-25(31)34-20)19-36-15-9-29(30,10-16-36)28(39)37-13-7-22(8-14-37)38-26-24(6-4-12-33-26)35-27(38)23-5-2-3-11-32-23;1-5-3-6(8(11)12-2)4-7(9)10-5;1-5-2-6(4-10)3-7(8)9-5/h2-6,11-12,17-18,22H,7-10,13-16,19H2,1H3,(H2,31,34);3-4H,1-2H3;2-3,10H,4H2,1H3. The number of anilines is 1. The Kier molecular flexibility index (Phi) is 15.0. The second-order valence-electron chi connectivity index (χ2n) is 15.1. The van der Waals surface area contributed by atoms with Crippen molar-refractivity contribution in [2.24, 2.45) is 0 Å². The molecule has 320 valence electrons. The Hall–Kier alpha value is -5.61. The predicted molar refractivity (Wildman–Crippen MR) is 233 cm³/mol. The molecule has 0 atom stereocenters.